The van der Waals surface area contributed by atoms with Crippen LogP contribution in [-0.2, 0) is 11.3 Å². The van der Waals surface area contributed by atoms with Crippen LogP contribution in [0.5, 0.6) is 0 Å². The Morgan fingerprint density at radius 1 is 1.45 bits per heavy atom. The number of benzene rings is 1. The maximum Gasteiger partial charge on any atom is 0.340 e. The van der Waals surface area contributed by atoms with Crippen molar-refractivity contribution in [3.63, 3.8) is 0 Å². The van der Waals surface area contributed by atoms with Gasteiger partial charge in [0, 0.05) is 26.7 Å². The van der Waals surface area contributed by atoms with E-state index in [0.717, 1.165) is 20.2 Å². The summed E-state index contributed by atoms with van der Waals surface area (Å²) in [6.07, 6.45) is 1.76. The molecule has 0 unspecified atom stereocenters. The second-order valence-electron chi connectivity index (χ2n) is 4.18. The number of rotatable bonds is 4. The largest absolute Gasteiger partial charge is 0.465 e. The van der Waals surface area contributed by atoms with Gasteiger partial charge in [0.15, 0.2) is 0 Å². The van der Waals surface area contributed by atoms with E-state index in [1.165, 1.54) is 7.11 Å². The molecule has 2 aromatic rings. The smallest absolute Gasteiger partial charge is 0.340 e. The molecule has 1 heterocycles. The molecule has 20 heavy (non-hydrogen) atoms. The number of halogens is 2. The number of aryl methyl sites for hydroxylation is 1. The first kappa shape index (κ1) is 15.1. The maximum absolute atomic E-state index is 11.8. The fourth-order valence-electron chi connectivity index (χ4n) is 1.76. The molecule has 0 fully saturated rings. The van der Waals surface area contributed by atoms with Crippen LogP contribution in [0.1, 0.15) is 21.6 Å². The zero-order chi connectivity index (χ0) is 14.7. The fraction of sp³-hybridized carbons (Fsp3) is 0.231. The summed E-state index contributed by atoms with van der Waals surface area (Å²) in [6.45, 7) is 2.51. The van der Waals surface area contributed by atoms with Crippen molar-refractivity contribution in [3.8, 4) is 0 Å². The normalized spacial score (nSPS) is 10.4. The van der Waals surface area contributed by atoms with Crippen LogP contribution < -0.4 is 5.32 Å². The summed E-state index contributed by atoms with van der Waals surface area (Å²) >= 11 is 6.82. The highest BCUT2D eigenvalue weighted by Crippen LogP contribution is 2.31. The zero-order valence-electron chi connectivity index (χ0n) is 11.0. The van der Waals surface area contributed by atoms with Gasteiger partial charge in [0.1, 0.15) is 0 Å². The second kappa shape index (κ2) is 6.41. The number of carbonyl (C=O) groups is 1. The molecule has 0 radical (unpaired) electrons. The molecule has 106 valence electrons. The number of aromatic amines is 1. The highest BCUT2D eigenvalue weighted by molar-refractivity contribution is 9.11. The van der Waals surface area contributed by atoms with Gasteiger partial charge in [0.2, 0.25) is 0 Å². The predicted octanol–water partition coefficient (Wildman–Crippen LogP) is 3.64. The van der Waals surface area contributed by atoms with E-state index in [0.29, 0.717) is 17.8 Å². The molecule has 7 heteroatoms. The lowest BCUT2D eigenvalue weighted by molar-refractivity contribution is 0.0601. The monoisotopic (exact) mass is 401 g/mol. The van der Waals surface area contributed by atoms with Gasteiger partial charge in [-0.3, -0.25) is 5.10 Å². The van der Waals surface area contributed by atoms with Crippen LogP contribution in [-0.4, -0.2) is 23.3 Å². The number of esters is 1. The maximum atomic E-state index is 11.8. The Balaban J connectivity index is 2.30. The first-order valence-electron chi connectivity index (χ1n) is 5.83. The quantitative estimate of drug-likeness (QED) is 0.766. The van der Waals surface area contributed by atoms with Crippen molar-refractivity contribution in [2.75, 3.05) is 12.4 Å². The Morgan fingerprint density at radius 2 is 2.20 bits per heavy atom. The van der Waals surface area contributed by atoms with Crippen LogP contribution in [0, 0.1) is 6.92 Å². The number of aromatic nitrogens is 2. The molecular weight excluding hydrogens is 390 g/mol. The first-order valence-corrected chi connectivity index (χ1v) is 7.41. The lowest BCUT2D eigenvalue weighted by atomic mass is 10.1. The van der Waals surface area contributed by atoms with E-state index in [-0.39, 0.29) is 0 Å². The molecule has 0 saturated heterocycles. The third-order valence-electron chi connectivity index (χ3n) is 2.85. The minimum Gasteiger partial charge on any atom is -0.465 e. The number of anilines is 1. The van der Waals surface area contributed by atoms with Gasteiger partial charge in [0.25, 0.3) is 0 Å². The Labute approximate surface area is 133 Å². The zero-order valence-corrected chi connectivity index (χ0v) is 14.1. The number of nitrogens with one attached hydrogen (secondary N) is 2. The topological polar surface area (TPSA) is 67.0 Å². The summed E-state index contributed by atoms with van der Waals surface area (Å²) in [6, 6.07) is 3.60. The van der Waals surface area contributed by atoms with E-state index in [9.17, 15) is 4.79 Å². The fourth-order valence-corrected chi connectivity index (χ4v) is 3.13. The van der Waals surface area contributed by atoms with E-state index >= 15 is 0 Å². The van der Waals surface area contributed by atoms with Crippen molar-refractivity contribution in [1.82, 2.24) is 10.2 Å². The van der Waals surface area contributed by atoms with E-state index in [1.807, 2.05) is 13.0 Å². The Kier molecular flexibility index (Phi) is 4.82. The number of H-pyrrole nitrogens is 1. The van der Waals surface area contributed by atoms with Gasteiger partial charge < -0.3 is 10.1 Å². The van der Waals surface area contributed by atoms with Crippen LogP contribution >= 0.6 is 31.9 Å². The van der Waals surface area contributed by atoms with Gasteiger partial charge in [-0.25, -0.2) is 4.79 Å². The van der Waals surface area contributed by atoms with Gasteiger partial charge in [-0.05, 0) is 35.0 Å². The van der Waals surface area contributed by atoms with Crippen LogP contribution in [0.4, 0.5) is 5.69 Å². The highest BCUT2D eigenvalue weighted by Gasteiger charge is 2.16. The molecular formula is C13H13Br2N3O2. The highest BCUT2D eigenvalue weighted by atomic mass is 79.9. The van der Waals surface area contributed by atoms with Gasteiger partial charge in [-0.15, -0.1) is 0 Å². The number of hydrogen-bond acceptors (Lipinski definition) is 4. The lowest BCUT2D eigenvalue weighted by Gasteiger charge is -2.13. The van der Waals surface area contributed by atoms with Crippen molar-refractivity contribution in [2.45, 2.75) is 13.5 Å². The summed E-state index contributed by atoms with van der Waals surface area (Å²) in [4.78, 5) is 11.8. The molecule has 0 saturated carbocycles. The molecule has 0 aliphatic rings. The van der Waals surface area contributed by atoms with Crippen molar-refractivity contribution in [3.05, 3.63) is 44.1 Å². The van der Waals surface area contributed by atoms with Crippen LogP contribution in [0.25, 0.3) is 0 Å². The molecule has 2 rings (SSSR count). The molecule has 0 aliphatic carbocycles. The van der Waals surface area contributed by atoms with Gasteiger partial charge in [-0.2, -0.15) is 5.10 Å². The molecule has 1 aromatic heterocycles. The van der Waals surface area contributed by atoms with Crippen molar-refractivity contribution in [2.24, 2.45) is 0 Å². The standard InChI is InChI=1S/C13H13Br2N3O2/c1-7-8(6-17-18-7)5-16-12-10(13(19)20-2)3-9(14)4-11(12)15/h3-4,6,16H,5H2,1-2H3,(H,17,18). The SMILES string of the molecule is COC(=O)c1cc(Br)cc(Br)c1NCc1cn[nH]c1C. The van der Waals surface area contributed by atoms with Gasteiger partial charge >= 0.3 is 5.97 Å². The van der Waals surface area contributed by atoms with Crippen LogP contribution in [0.3, 0.4) is 0 Å². The number of ether oxygens (including phenoxy) is 1. The molecule has 0 spiro atoms. The summed E-state index contributed by atoms with van der Waals surface area (Å²) < 4.78 is 6.39. The van der Waals surface area contributed by atoms with Crippen molar-refractivity contribution in [1.29, 1.82) is 0 Å². The number of methoxy groups -OCH3 is 1. The van der Waals surface area contributed by atoms with E-state index in [2.05, 4.69) is 47.4 Å². The third-order valence-corrected chi connectivity index (χ3v) is 3.93. The molecule has 0 atom stereocenters. The number of hydrogen-bond donors (Lipinski definition) is 2. The van der Waals surface area contributed by atoms with E-state index < -0.39 is 5.97 Å². The van der Waals surface area contributed by atoms with Crippen molar-refractivity contribution >= 4 is 43.5 Å². The first-order chi connectivity index (χ1) is 9.52. The molecule has 0 aliphatic heterocycles. The summed E-state index contributed by atoms with van der Waals surface area (Å²) in [7, 11) is 1.36. The molecule has 5 nitrogen and oxygen atoms in total. The summed E-state index contributed by atoms with van der Waals surface area (Å²) in [5, 5.41) is 10.1. The average molecular weight is 403 g/mol. The van der Waals surface area contributed by atoms with E-state index in [1.54, 1.807) is 12.3 Å². The van der Waals surface area contributed by atoms with Crippen molar-refractivity contribution < 1.29 is 9.53 Å². The molecule has 2 N–H and O–H groups in total. The lowest BCUT2D eigenvalue weighted by Crippen LogP contribution is -2.09. The van der Waals surface area contributed by atoms with Gasteiger partial charge in [-0.1, -0.05) is 15.9 Å². The van der Waals surface area contributed by atoms with E-state index in [4.69, 9.17) is 4.74 Å². The predicted molar refractivity (Wildman–Crippen MR) is 83.8 cm³/mol. The molecule has 0 bridgehead atoms. The summed E-state index contributed by atoms with van der Waals surface area (Å²) in [5.41, 5.74) is 3.19. The van der Waals surface area contributed by atoms with Crippen LogP contribution in [0.15, 0.2) is 27.3 Å². The Morgan fingerprint density at radius 3 is 2.80 bits per heavy atom. The molecule has 1 aromatic carbocycles. The average Bonchev–Trinajstić information content (AvgIpc) is 2.81. The van der Waals surface area contributed by atoms with Crippen LogP contribution in [0.2, 0.25) is 0 Å². The van der Waals surface area contributed by atoms with Gasteiger partial charge in [0.05, 0.1) is 24.6 Å². The second-order valence-corrected chi connectivity index (χ2v) is 5.95. The number of carbonyl (C=O) groups excluding carboxylic acids is 1. The third kappa shape index (κ3) is 3.21. The minimum absolute atomic E-state index is 0.390. The Hall–Kier alpha value is -1.34. The number of nitrogens with zero attached hydrogens (tertiary/aromatic N) is 1. The minimum atomic E-state index is -0.390. The summed E-state index contributed by atoms with van der Waals surface area (Å²) in [5.74, 6) is -0.390. The molecule has 0 amide bonds. The Bertz CT molecular complexity index is 641.